The van der Waals surface area contributed by atoms with Crippen molar-refractivity contribution < 1.29 is 22.7 Å². The number of carbonyl (C=O) groups excluding carboxylic acids is 1. The lowest BCUT2D eigenvalue weighted by atomic mass is 9.99. The number of esters is 1. The lowest BCUT2D eigenvalue weighted by Crippen LogP contribution is -2.07. The van der Waals surface area contributed by atoms with Gasteiger partial charge in [0.2, 0.25) is 0 Å². The van der Waals surface area contributed by atoms with Crippen molar-refractivity contribution in [2.75, 3.05) is 12.8 Å². The van der Waals surface area contributed by atoms with E-state index < -0.39 is 17.7 Å². The van der Waals surface area contributed by atoms with E-state index in [0.717, 1.165) is 12.1 Å². The second kappa shape index (κ2) is 5.47. The second-order valence-electron chi connectivity index (χ2n) is 4.33. The van der Waals surface area contributed by atoms with Gasteiger partial charge in [0.1, 0.15) is 0 Å². The topological polar surface area (TPSA) is 52.3 Å². The summed E-state index contributed by atoms with van der Waals surface area (Å²) in [5.74, 6) is -0.596. The largest absolute Gasteiger partial charge is 0.465 e. The molecule has 21 heavy (non-hydrogen) atoms. The smallest absolute Gasteiger partial charge is 0.416 e. The maximum Gasteiger partial charge on any atom is 0.416 e. The standard InChI is InChI=1S/C15H12F3NO2/c1-21-14(20)12-4-2-3-11(13(12)19)9-5-7-10(8-6-9)15(16,17)18/h2-8H,19H2,1H3. The zero-order chi connectivity index (χ0) is 15.6. The minimum atomic E-state index is -4.39. The Morgan fingerprint density at radius 2 is 1.71 bits per heavy atom. The number of para-hydroxylation sites is 1. The van der Waals surface area contributed by atoms with Crippen molar-refractivity contribution >= 4 is 11.7 Å². The summed E-state index contributed by atoms with van der Waals surface area (Å²) in [4.78, 5) is 11.6. The van der Waals surface area contributed by atoms with E-state index in [-0.39, 0.29) is 11.3 Å². The molecule has 0 aromatic heterocycles. The fourth-order valence-corrected chi connectivity index (χ4v) is 1.94. The van der Waals surface area contributed by atoms with Crippen molar-refractivity contribution in [3.63, 3.8) is 0 Å². The highest BCUT2D eigenvalue weighted by Crippen LogP contribution is 2.33. The number of alkyl halides is 3. The first kappa shape index (κ1) is 14.9. The maximum atomic E-state index is 12.5. The highest BCUT2D eigenvalue weighted by atomic mass is 19.4. The van der Waals surface area contributed by atoms with Crippen LogP contribution in [0.15, 0.2) is 42.5 Å². The lowest BCUT2D eigenvalue weighted by Gasteiger charge is -2.11. The summed E-state index contributed by atoms with van der Waals surface area (Å²) in [6, 6.07) is 9.29. The molecule has 0 fully saturated rings. The van der Waals surface area contributed by atoms with Gasteiger partial charge in [-0.15, -0.1) is 0 Å². The van der Waals surface area contributed by atoms with E-state index in [4.69, 9.17) is 5.73 Å². The average molecular weight is 295 g/mol. The van der Waals surface area contributed by atoms with Crippen LogP contribution in [0.2, 0.25) is 0 Å². The van der Waals surface area contributed by atoms with Crippen LogP contribution in [-0.2, 0) is 10.9 Å². The Hall–Kier alpha value is -2.50. The number of nitrogen functional groups attached to an aromatic ring is 1. The van der Waals surface area contributed by atoms with Crippen LogP contribution in [0.3, 0.4) is 0 Å². The summed E-state index contributed by atoms with van der Waals surface area (Å²) in [5, 5.41) is 0. The molecular weight excluding hydrogens is 283 g/mol. The molecule has 0 radical (unpaired) electrons. The van der Waals surface area contributed by atoms with Crippen LogP contribution in [-0.4, -0.2) is 13.1 Å². The number of halogens is 3. The van der Waals surface area contributed by atoms with E-state index in [1.54, 1.807) is 12.1 Å². The van der Waals surface area contributed by atoms with Gasteiger partial charge in [0.25, 0.3) is 0 Å². The fourth-order valence-electron chi connectivity index (χ4n) is 1.94. The Balaban J connectivity index is 2.45. The monoisotopic (exact) mass is 295 g/mol. The SMILES string of the molecule is COC(=O)c1cccc(-c2ccc(C(F)(F)F)cc2)c1N. The molecule has 2 aromatic rings. The zero-order valence-corrected chi connectivity index (χ0v) is 11.1. The van der Waals surface area contributed by atoms with Crippen molar-refractivity contribution in [1.82, 2.24) is 0 Å². The van der Waals surface area contributed by atoms with E-state index in [0.29, 0.717) is 11.1 Å². The number of benzene rings is 2. The molecule has 0 heterocycles. The molecule has 0 atom stereocenters. The molecule has 6 heteroatoms. The van der Waals surface area contributed by atoms with Gasteiger partial charge in [-0.1, -0.05) is 24.3 Å². The normalized spacial score (nSPS) is 11.2. The molecule has 3 nitrogen and oxygen atoms in total. The van der Waals surface area contributed by atoms with Crippen molar-refractivity contribution in [3.8, 4) is 11.1 Å². The number of anilines is 1. The van der Waals surface area contributed by atoms with Crippen molar-refractivity contribution in [2.24, 2.45) is 0 Å². The number of methoxy groups -OCH3 is 1. The van der Waals surface area contributed by atoms with Crippen LogP contribution in [0.1, 0.15) is 15.9 Å². The van der Waals surface area contributed by atoms with Gasteiger partial charge in [0.05, 0.1) is 23.9 Å². The van der Waals surface area contributed by atoms with Crippen LogP contribution in [0.25, 0.3) is 11.1 Å². The molecule has 2 aromatic carbocycles. The van der Waals surface area contributed by atoms with Crippen LogP contribution in [0, 0.1) is 0 Å². The number of rotatable bonds is 2. The molecule has 0 aliphatic carbocycles. The molecule has 0 unspecified atom stereocenters. The van der Waals surface area contributed by atoms with Gasteiger partial charge in [-0.25, -0.2) is 4.79 Å². The molecule has 0 bridgehead atoms. The summed E-state index contributed by atoms with van der Waals surface area (Å²) < 4.78 is 42.2. The molecule has 0 saturated heterocycles. The first-order chi connectivity index (χ1) is 9.84. The van der Waals surface area contributed by atoms with Crippen LogP contribution < -0.4 is 5.73 Å². The number of hydrogen-bond donors (Lipinski definition) is 1. The number of hydrogen-bond acceptors (Lipinski definition) is 3. The van der Waals surface area contributed by atoms with Gasteiger partial charge in [0, 0.05) is 5.56 Å². The van der Waals surface area contributed by atoms with Crippen LogP contribution in [0.5, 0.6) is 0 Å². The van der Waals surface area contributed by atoms with E-state index in [1.807, 2.05) is 0 Å². The first-order valence-electron chi connectivity index (χ1n) is 5.99. The van der Waals surface area contributed by atoms with Crippen LogP contribution >= 0.6 is 0 Å². The van der Waals surface area contributed by atoms with E-state index >= 15 is 0 Å². The first-order valence-corrected chi connectivity index (χ1v) is 5.99. The third-order valence-electron chi connectivity index (χ3n) is 3.03. The van der Waals surface area contributed by atoms with Crippen molar-refractivity contribution in [1.29, 1.82) is 0 Å². The molecular formula is C15H12F3NO2. The van der Waals surface area contributed by atoms with Crippen molar-refractivity contribution in [2.45, 2.75) is 6.18 Å². The Morgan fingerprint density at radius 3 is 2.24 bits per heavy atom. The molecule has 0 saturated carbocycles. The van der Waals surface area contributed by atoms with Gasteiger partial charge >= 0.3 is 12.1 Å². The number of nitrogens with two attached hydrogens (primary N) is 1. The van der Waals surface area contributed by atoms with Gasteiger partial charge in [-0.2, -0.15) is 13.2 Å². The van der Waals surface area contributed by atoms with E-state index in [2.05, 4.69) is 4.74 Å². The molecule has 110 valence electrons. The summed E-state index contributed by atoms with van der Waals surface area (Å²) in [6.07, 6.45) is -4.39. The summed E-state index contributed by atoms with van der Waals surface area (Å²) in [5.41, 5.74) is 6.47. The fraction of sp³-hybridized carbons (Fsp3) is 0.133. The molecule has 0 amide bonds. The third kappa shape index (κ3) is 2.99. The summed E-state index contributed by atoms with van der Waals surface area (Å²) >= 11 is 0. The maximum absolute atomic E-state index is 12.5. The molecule has 0 spiro atoms. The Kier molecular flexibility index (Phi) is 3.88. The van der Waals surface area contributed by atoms with E-state index in [1.165, 1.54) is 25.3 Å². The third-order valence-corrected chi connectivity index (χ3v) is 3.03. The van der Waals surface area contributed by atoms with Crippen molar-refractivity contribution in [3.05, 3.63) is 53.6 Å². The minimum absolute atomic E-state index is 0.170. The van der Waals surface area contributed by atoms with Gasteiger partial charge in [0.15, 0.2) is 0 Å². The Morgan fingerprint density at radius 1 is 1.10 bits per heavy atom. The second-order valence-corrected chi connectivity index (χ2v) is 4.33. The van der Waals surface area contributed by atoms with Gasteiger partial charge in [-0.05, 0) is 23.8 Å². The quantitative estimate of drug-likeness (QED) is 0.678. The average Bonchev–Trinajstić information content (AvgIpc) is 2.46. The Bertz CT molecular complexity index is 664. The molecule has 0 aliphatic heterocycles. The number of carbonyl (C=O) groups is 1. The van der Waals surface area contributed by atoms with E-state index in [9.17, 15) is 18.0 Å². The zero-order valence-electron chi connectivity index (χ0n) is 11.1. The minimum Gasteiger partial charge on any atom is -0.465 e. The van der Waals surface area contributed by atoms with Crippen LogP contribution in [0.4, 0.5) is 18.9 Å². The highest BCUT2D eigenvalue weighted by molar-refractivity contribution is 5.99. The number of ether oxygens (including phenoxy) is 1. The Labute approximate surface area is 119 Å². The molecule has 2 N–H and O–H groups in total. The molecule has 0 aliphatic rings. The summed E-state index contributed by atoms with van der Waals surface area (Å²) in [6.45, 7) is 0. The lowest BCUT2D eigenvalue weighted by molar-refractivity contribution is -0.137. The molecule has 2 rings (SSSR count). The summed E-state index contributed by atoms with van der Waals surface area (Å²) in [7, 11) is 1.23. The van der Waals surface area contributed by atoms with Gasteiger partial charge < -0.3 is 10.5 Å². The predicted molar refractivity (Wildman–Crippen MR) is 72.6 cm³/mol. The highest BCUT2D eigenvalue weighted by Gasteiger charge is 2.30. The van der Waals surface area contributed by atoms with Gasteiger partial charge in [-0.3, -0.25) is 0 Å². The predicted octanol–water partition coefficient (Wildman–Crippen LogP) is 3.74.